The van der Waals surface area contributed by atoms with Gasteiger partial charge in [0.2, 0.25) is 5.91 Å². The van der Waals surface area contributed by atoms with Crippen LogP contribution in [0.1, 0.15) is 43.2 Å². The van der Waals surface area contributed by atoms with Gasteiger partial charge in [-0.25, -0.2) is 0 Å². The molecule has 5 heteroatoms. The average molecular weight is 345 g/mol. The van der Waals surface area contributed by atoms with Crippen LogP contribution in [0.5, 0.6) is 0 Å². The van der Waals surface area contributed by atoms with Gasteiger partial charge in [-0.05, 0) is 49.9 Å². The molecule has 0 bridgehead atoms. The Balaban J connectivity index is 1.50. The molecular weight excluding hydrogens is 314 g/mol. The van der Waals surface area contributed by atoms with Crippen molar-refractivity contribution >= 4 is 5.91 Å². The minimum absolute atomic E-state index is 0.0655. The molecule has 0 saturated carbocycles. The lowest BCUT2D eigenvalue weighted by molar-refractivity contribution is -0.136. The van der Waals surface area contributed by atoms with Gasteiger partial charge in [0.05, 0.1) is 5.41 Å². The van der Waals surface area contributed by atoms with E-state index in [1.54, 1.807) is 0 Å². The van der Waals surface area contributed by atoms with Crippen LogP contribution in [0.3, 0.4) is 0 Å². The van der Waals surface area contributed by atoms with E-state index in [4.69, 9.17) is 10.5 Å². The topological polar surface area (TPSA) is 67.6 Å². The maximum Gasteiger partial charge on any atom is 0.227 e. The first kappa shape index (κ1) is 18.4. The van der Waals surface area contributed by atoms with Gasteiger partial charge in [-0.15, -0.1) is 0 Å². The minimum atomic E-state index is -0.452. The number of rotatable bonds is 6. The number of benzene rings is 1. The predicted molar refractivity (Wildman–Crippen MR) is 99.0 cm³/mol. The van der Waals surface area contributed by atoms with Crippen molar-refractivity contribution in [2.75, 3.05) is 32.8 Å². The largest absolute Gasteiger partial charge is 0.381 e. The molecule has 2 aliphatic heterocycles. The Labute approximate surface area is 150 Å². The van der Waals surface area contributed by atoms with Gasteiger partial charge in [-0.2, -0.15) is 0 Å². The molecule has 2 heterocycles. The SMILES string of the molecule is NCC1(C(=O)NCc2ccc(CN3CCCCC3)cc2)CCOCC1. The number of amides is 1. The highest BCUT2D eigenvalue weighted by Gasteiger charge is 2.38. The molecule has 25 heavy (non-hydrogen) atoms. The van der Waals surface area contributed by atoms with Crippen molar-refractivity contribution in [3.63, 3.8) is 0 Å². The zero-order valence-corrected chi connectivity index (χ0v) is 15.1. The van der Waals surface area contributed by atoms with Crippen LogP contribution in [-0.2, 0) is 22.6 Å². The third-order valence-corrected chi connectivity index (χ3v) is 5.65. The number of likely N-dealkylation sites (tertiary alicyclic amines) is 1. The van der Waals surface area contributed by atoms with Gasteiger partial charge in [-0.1, -0.05) is 30.7 Å². The van der Waals surface area contributed by atoms with E-state index in [0.29, 0.717) is 39.1 Å². The molecule has 3 N–H and O–H groups in total. The maximum absolute atomic E-state index is 12.6. The number of nitrogens with zero attached hydrogens (tertiary/aromatic N) is 1. The summed E-state index contributed by atoms with van der Waals surface area (Å²) in [4.78, 5) is 15.1. The first-order valence-electron chi connectivity index (χ1n) is 9.58. The Morgan fingerprint density at radius 2 is 1.72 bits per heavy atom. The van der Waals surface area contributed by atoms with E-state index >= 15 is 0 Å². The lowest BCUT2D eigenvalue weighted by Gasteiger charge is -2.34. The summed E-state index contributed by atoms with van der Waals surface area (Å²) in [6, 6.07) is 8.61. The van der Waals surface area contributed by atoms with Crippen LogP contribution in [0.15, 0.2) is 24.3 Å². The smallest absolute Gasteiger partial charge is 0.227 e. The van der Waals surface area contributed by atoms with Gasteiger partial charge in [0, 0.05) is 32.8 Å². The van der Waals surface area contributed by atoms with Crippen molar-refractivity contribution in [3.8, 4) is 0 Å². The van der Waals surface area contributed by atoms with Crippen molar-refractivity contribution in [3.05, 3.63) is 35.4 Å². The number of nitrogens with one attached hydrogen (secondary N) is 1. The van der Waals surface area contributed by atoms with Crippen molar-refractivity contribution in [2.24, 2.45) is 11.1 Å². The number of carbonyl (C=O) groups excluding carboxylic acids is 1. The van der Waals surface area contributed by atoms with E-state index < -0.39 is 5.41 Å². The molecule has 5 nitrogen and oxygen atoms in total. The molecular formula is C20H31N3O2. The van der Waals surface area contributed by atoms with Crippen molar-refractivity contribution in [2.45, 2.75) is 45.2 Å². The number of piperidine rings is 1. The van der Waals surface area contributed by atoms with Crippen LogP contribution in [0.4, 0.5) is 0 Å². The highest BCUT2D eigenvalue weighted by molar-refractivity contribution is 5.83. The highest BCUT2D eigenvalue weighted by atomic mass is 16.5. The summed E-state index contributed by atoms with van der Waals surface area (Å²) in [6.07, 6.45) is 5.43. The standard InChI is InChI=1S/C20H31N3O2/c21-16-20(8-12-25-13-9-20)19(24)22-14-17-4-6-18(7-5-17)15-23-10-2-1-3-11-23/h4-7H,1-3,8-16,21H2,(H,22,24). The van der Waals surface area contributed by atoms with E-state index in [2.05, 4.69) is 34.5 Å². The van der Waals surface area contributed by atoms with E-state index in [1.165, 1.54) is 37.9 Å². The van der Waals surface area contributed by atoms with Gasteiger partial charge < -0.3 is 15.8 Å². The summed E-state index contributed by atoms with van der Waals surface area (Å²) in [6.45, 7) is 5.64. The predicted octanol–water partition coefficient (Wildman–Crippen LogP) is 2.04. The van der Waals surface area contributed by atoms with E-state index in [9.17, 15) is 4.79 Å². The van der Waals surface area contributed by atoms with Crippen LogP contribution in [0.25, 0.3) is 0 Å². The third-order valence-electron chi connectivity index (χ3n) is 5.65. The van der Waals surface area contributed by atoms with Crippen LogP contribution in [-0.4, -0.2) is 43.7 Å². The van der Waals surface area contributed by atoms with Crippen molar-refractivity contribution < 1.29 is 9.53 Å². The molecule has 1 aromatic rings. The van der Waals surface area contributed by atoms with Crippen molar-refractivity contribution in [1.29, 1.82) is 0 Å². The molecule has 1 amide bonds. The fourth-order valence-corrected chi connectivity index (χ4v) is 3.79. The minimum Gasteiger partial charge on any atom is -0.381 e. The van der Waals surface area contributed by atoms with Crippen LogP contribution < -0.4 is 11.1 Å². The highest BCUT2D eigenvalue weighted by Crippen LogP contribution is 2.29. The lowest BCUT2D eigenvalue weighted by Crippen LogP contribution is -2.48. The maximum atomic E-state index is 12.6. The average Bonchev–Trinajstić information content (AvgIpc) is 2.68. The Hall–Kier alpha value is -1.43. The Morgan fingerprint density at radius 3 is 2.36 bits per heavy atom. The molecule has 2 aliphatic rings. The number of hydrogen-bond acceptors (Lipinski definition) is 4. The zero-order valence-electron chi connectivity index (χ0n) is 15.1. The molecule has 0 aromatic heterocycles. The first-order valence-corrected chi connectivity index (χ1v) is 9.58. The molecule has 2 fully saturated rings. The molecule has 0 aliphatic carbocycles. The molecule has 0 atom stereocenters. The Bertz CT molecular complexity index is 547. The van der Waals surface area contributed by atoms with Gasteiger partial charge in [-0.3, -0.25) is 9.69 Å². The lowest BCUT2D eigenvalue weighted by atomic mass is 9.79. The van der Waals surface area contributed by atoms with Crippen LogP contribution >= 0.6 is 0 Å². The van der Waals surface area contributed by atoms with E-state index in [0.717, 1.165) is 12.1 Å². The van der Waals surface area contributed by atoms with E-state index in [1.807, 2.05) is 0 Å². The second-order valence-electron chi connectivity index (χ2n) is 7.43. The molecule has 3 rings (SSSR count). The van der Waals surface area contributed by atoms with Crippen molar-refractivity contribution in [1.82, 2.24) is 10.2 Å². The summed E-state index contributed by atoms with van der Waals surface area (Å²) >= 11 is 0. The molecule has 0 unspecified atom stereocenters. The summed E-state index contributed by atoms with van der Waals surface area (Å²) < 4.78 is 5.38. The summed E-state index contributed by atoms with van der Waals surface area (Å²) in [5, 5.41) is 3.08. The van der Waals surface area contributed by atoms with Gasteiger partial charge in [0.15, 0.2) is 0 Å². The van der Waals surface area contributed by atoms with Crippen LogP contribution in [0, 0.1) is 5.41 Å². The number of carbonyl (C=O) groups is 1. The monoisotopic (exact) mass is 345 g/mol. The van der Waals surface area contributed by atoms with Gasteiger partial charge in [0.1, 0.15) is 0 Å². The molecule has 138 valence electrons. The Morgan fingerprint density at radius 1 is 1.08 bits per heavy atom. The zero-order chi connectivity index (χ0) is 17.5. The molecule has 1 aromatic carbocycles. The van der Waals surface area contributed by atoms with Crippen LogP contribution in [0.2, 0.25) is 0 Å². The van der Waals surface area contributed by atoms with E-state index in [-0.39, 0.29) is 5.91 Å². The molecule has 0 spiro atoms. The van der Waals surface area contributed by atoms with Gasteiger partial charge >= 0.3 is 0 Å². The normalized spacial score (nSPS) is 21.0. The number of ether oxygens (including phenoxy) is 1. The van der Waals surface area contributed by atoms with Gasteiger partial charge in [0.25, 0.3) is 0 Å². The summed E-state index contributed by atoms with van der Waals surface area (Å²) in [5.41, 5.74) is 7.93. The Kier molecular flexibility index (Phi) is 6.45. The number of nitrogens with two attached hydrogens (primary N) is 1. The second kappa shape index (κ2) is 8.79. The number of hydrogen-bond donors (Lipinski definition) is 2. The summed E-state index contributed by atoms with van der Waals surface area (Å²) in [7, 11) is 0. The quantitative estimate of drug-likeness (QED) is 0.828. The molecule has 0 radical (unpaired) electrons. The fraction of sp³-hybridized carbons (Fsp3) is 0.650. The fourth-order valence-electron chi connectivity index (χ4n) is 3.79. The second-order valence-corrected chi connectivity index (χ2v) is 7.43. The molecule has 2 saturated heterocycles. The third kappa shape index (κ3) is 4.81. The summed E-state index contributed by atoms with van der Waals surface area (Å²) in [5.74, 6) is 0.0655. The first-order chi connectivity index (χ1) is 12.2.